The zero-order chi connectivity index (χ0) is 11.0. The minimum Gasteiger partial charge on any atom is -0.497 e. The number of ether oxygens (including phenoxy) is 1. The van der Waals surface area contributed by atoms with Crippen molar-refractivity contribution in [1.29, 1.82) is 0 Å². The van der Waals surface area contributed by atoms with E-state index >= 15 is 0 Å². The lowest BCUT2D eigenvalue weighted by Crippen LogP contribution is -2.52. The van der Waals surface area contributed by atoms with Gasteiger partial charge in [-0.2, -0.15) is 0 Å². The monoisotopic (exact) mass is 205 g/mol. The van der Waals surface area contributed by atoms with Gasteiger partial charge in [-0.15, -0.1) is 0 Å². The standard InChI is InChI=1S/C13H19NO/c1-8-12(9(2)13(8)14)10-4-6-11(15-3)7-5-10/h4-9,12-13H,14H2,1-3H3. The number of hydrogen-bond acceptors (Lipinski definition) is 2. The second-order valence-corrected chi connectivity index (χ2v) is 4.59. The fourth-order valence-electron chi connectivity index (χ4n) is 2.72. The molecular formula is C13H19NO. The molecule has 0 radical (unpaired) electrons. The molecule has 0 saturated heterocycles. The molecule has 0 bridgehead atoms. The predicted octanol–water partition coefficient (Wildman–Crippen LogP) is 2.39. The average Bonchev–Trinajstić information content (AvgIpc) is 2.30. The Bertz CT molecular complexity index is 323. The molecule has 1 fully saturated rings. The fourth-order valence-corrected chi connectivity index (χ4v) is 2.72. The largest absolute Gasteiger partial charge is 0.497 e. The molecular weight excluding hydrogens is 186 g/mol. The Morgan fingerprint density at radius 1 is 1.07 bits per heavy atom. The maximum absolute atomic E-state index is 6.02. The number of hydrogen-bond donors (Lipinski definition) is 1. The minimum absolute atomic E-state index is 0.358. The van der Waals surface area contributed by atoms with E-state index < -0.39 is 0 Å². The molecule has 2 atom stereocenters. The molecule has 15 heavy (non-hydrogen) atoms. The highest BCUT2D eigenvalue weighted by Gasteiger charge is 2.43. The van der Waals surface area contributed by atoms with Crippen molar-refractivity contribution in [2.75, 3.05) is 7.11 Å². The van der Waals surface area contributed by atoms with Gasteiger partial charge >= 0.3 is 0 Å². The van der Waals surface area contributed by atoms with Gasteiger partial charge in [0.05, 0.1) is 7.11 Å². The Balaban J connectivity index is 2.16. The van der Waals surface area contributed by atoms with Crippen LogP contribution in [0.1, 0.15) is 25.3 Å². The molecule has 2 unspecified atom stereocenters. The molecule has 1 aliphatic carbocycles. The van der Waals surface area contributed by atoms with Gasteiger partial charge in [0, 0.05) is 6.04 Å². The number of methoxy groups -OCH3 is 1. The van der Waals surface area contributed by atoms with Gasteiger partial charge in [0.25, 0.3) is 0 Å². The van der Waals surface area contributed by atoms with E-state index in [9.17, 15) is 0 Å². The van der Waals surface area contributed by atoms with Crippen LogP contribution in [0.4, 0.5) is 0 Å². The summed E-state index contributed by atoms with van der Waals surface area (Å²) in [5.74, 6) is 2.72. The summed E-state index contributed by atoms with van der Waals surface area (Å²) >= 11 is 0. The van der Waals surface area contributed by atoms with Crippen molar-refractivity contribution in [3.8, 4) is 5.75 Å². The average molecular weight is 205 g/mol. The maximum Gasteiger partial charge on any atom is 0.118 e. The highest BCUT2D eigenvalue weighted by molar-refractivity contribution is 5.32. The number of nitrogens with two attached hydrogens (primary N) is 1. The van der Waals surface area contributed by atoms with Gasteiger partial charge in [0.15, 0.2) is 0 Å². The van der Waals surface area contributed by atoms with Gasteiger partial charge in [-0.25, -0.2) is 0 Å². The second-order valence-electron chi connectivity index (χ2n) is 4.59. The van der Waals surface area contributed by atoms with Crippen molar-refractivity contribution < 1.29 is 4.74 Å². The summed E-state index contributed by atoms with van der Waals surface area (Å²) in [6.45, 7) is 4.47. The lowest BCUT2D eigenvalue weighted by molar-refractivity contribution is 0.130. The maximum atomic E-state index is 6.02. The summed E-state index contributed by atoms with van der Waals surface area (Å²) in [5, 5.41) is 0. The molecule has 1 aromatic rings. The van der Waals surface area contributed by atoms with Crippen LogP contribution in [0, 0.1) is 11.8 Å². The number of benzene rings is 1. The Labute approximate surface area is 91.4 Å². The Morgan fingerprint density at radius 2 is 1.60 bits per heavy atom. The van der Waals surface area contributed by atoms with E-state index in [2.05, 4.69) is 26.0 Å². The van der Waals surface area contributed by atoms with Crippen LogP contribution in [-0.4, -0.2) is 13.2 Å². The van der Waals surface area contributed by atoms with E-state index in [1.807, 2.05) is 12.1 Å². The molecule has 0 aliphatic heterocycles. The van der Waals surface area contributed by atoms with Crippen molar-refractivity contribution in [2.45, 2.75) is 25.8 Å². The van der Waals surface area contributed by atoms with Crippen LogP contribution in [0.15, 0.2) is 24.3 Å². The molecule has 0 aromatic heterocycles. The Morgan fingerprint density at radius 3 is 2.07 bits per heavy atom. The first-order valence-electron chi connectivity index (χ1n) is 5.54. The smallest absolute Gasteiger partial charge is 0.118 e. The molecule has 1 aliphatic rings. The Hall–Kier alpha value is -1.02. The van der Waals surface area contributed by atoms with E-state index in [1.54, 1.807) is 7.11 Å². The van der Waals surface area contributed by atoms with Gasteiger partial charge in [0.2, 0.25) is 0 Å². The minimum atomic E-state index is 0.358. The van der Waals surface area contributed by atoms with Crippen LogP contribution in [0.5, 0.6) is 5.75 Å². The predicted molar refractivity (Wildman–Crippen MR) is 62.0 cm³/mol. The number of rotatable bonds is 2. The van der Waals surface area contributed by atoms with Crippen molar-refractivity contribution in [3.63, 3.8) is 0 Å². The van der Waals surface area contributed by atoms with E-state index in [0.29, 0.717) is 23.8 Å². The summed E-state index contributed by atoms with van der Waals surface area (Å²) in [4.78, 5) is 0. The summed E-state index contributed by atoms with van der Waals surface area (Å²) in [6, 6.07) is 8.72. The second kappa shape index (κ2) is 3.86. The zero-order valence-electron chi connectivity index (χ0n) is 9.60. The van der Waals surface area contributed by atoms with Crippen LogP contribution in [-0.2, 0) is 0 Å². The third kappa shape index (κ3) is 1.63. The van der Waals surface area contributed by atoms with Crippen molar-refractivity contribution in [3.05, 3.63) is 29.8 Å². The molecule has 2 nitrogen and oxygen atoms in total. The van der Waals surface area contributed by atoms with Crippen molar-refractivity contribution in [1.82, 2.24) is 0 Å². The molecule has 2 rings (SSSR count). The van der Waals surface area contributed by atoms with Crippen LogP contribution in [0.25, 0.3) is 0 Å². The molecule has 0 spiro atoms. The lowest BCUT2D eigenvalue weighted by Gasteiger charge is -2.47. The first-order valence-corrected chi connectivity index (χ1v) is 5.54. The molecule has 1 aromatic carbocycles. The van der Waals surface area contributed by atoms with E-state index in [0.717, 1.165) is 5.75 Å². The van der Waals surface area contributed by atoms with E-state index in [1.165, 1.54) is 5.56 Å². The Kier molecular flexibility index (Phi) is 2.70. The summed E-state index contributed by atoms with van der Waals surface area (Å²) in [7, 11) is 1.69. The summed E-state index contributed by atoms with van der Waals surface area (Å²) in [6.07, 6.45) is 0. The SMILES string of the molecule is COc1ccc(C2C(C)C(N)C2C)cc1. The third-order valence-electron chi connectivity index (χ3n) is 3.85. The molecule has 0 heterocycles. The molecule has 1 saturated carbocycles. The van der Waals surface area contributed by atoms with Crippen molar-refractivity contribution in [2.24, 2.45) is 17.6 Å². The lowest BCUT2D eigenvalue weighted by atomic mass is 9.60. The van der Waals surface area contributed by atoms with Gasteiger partial charge in [-0.05, 0) is 35.4 Å². The van der Waals surface area contributed by atoms with Crippen LogP contribution < -0.4 is 10.5 Å². The van der Waals surface area contributed by atoms with Crippen LogP contribution in [0.2, 0.25) is 0 Å². The van der Waals surface area contributed by atoms with Crippen LogP contribution >= 0.6 is 0 Å². The topological polar surface area (TPSA) is 35.2 Å². The summed E-state index contributed by atoms with van der Waals surface area (Å²) in [5.41, 5.74) is 7.41. The molecule has 0 amide bonds. The fraction of sp³-hybridized carbons (Fsp3) is 0.538. The van der Waals surface area contributed by atoms with Crippen LogP contribution in [0.3, 0.4) is 0 Å². The van der Waals surface area contributed by atoms with E-state index in [-0.39, 0.29) is 0 Å². The van der Waals surface area contributed by atoms with Gasteiger partial charge in [-0.1, -0.05) is 26.0 Å². The first-order chi connectivity index (χ1) is 7.15. The van der Waals surface area contributed by atoms with E-state index in [4.69, 9.17) is 10.5 Å². The third-order valence-corrected chi connectivity index (χ3v) is 3.85. The molecule has 82 valence electrons. The summed E-state index contributed by atoms with van der Waals surface area (Å²) < 4.78 is 5.15. The molecule has 2 N–H and O–H groups in total. The highest BCUT2D eigenvalue weighted by atomic mass is 16.5. The molecule has 2 heteroatoms. The van der Waals surface area contributed by atoms with Crippen molar-refractivity contribution >= 4 is 0 Å². The highest BCUT2D eigenvalue weighted by Crippen LogP contribution is 2.46. The quantitative estimate of drug-likeness (QED) is 0.804. The zero-order valence-corrected chi connectivity index (χ0v) is 9.60. The first kappa shape index (κ1) is 10.5. The van der Waals surface area contributed by atoms with Gasteiger partial charge < -0.3 is 10.5 Å². The van der Waals surface area contributed by atoms with Gasteiger partial charge in [-0.3, -0.25) is 0 Å². The normalized spacial score (nSPS) is 34.7. The van der Waals surface area contributed by atoms with Gasteiger partial charge in [0.1, 0.15) is 5.75 Å².